The highest BCUT2D eigenvalue weighted by Crippen LogP contribution is 2.24. The predicted molar refractivity (Wildman–Crippen MR) is 84.9 cm³/mol. The van der Waals surface area contributed by atoms with Crippen LogP contribution in [0.1, 0.15) is 17.3 Å². The number of methoxy groups -OCH3 is 1. The molecule has 0 atom stereocenters. The molecule has 1 fully saturated rings. The fourth-order valence-electron chi connectivity index (χ4n) is 2.37. The number of carbonyl (C=O) groups excluding carboxylic acids is 1. The Balaban J connectivity index is 2.12. The van der Waals surface area contributed by atoms with Crippen LogP contribution in [-0.2, 0) is 10.0 Å². The van der Waals surface area contributed by atoms with Crippen molar-refractivity contribution in [2.24, 2.45) is 0 Å². The number of hydrogen-bond acceptors (Lipinski definition) is 4. The fraction of sp³-hybridized carbons (Fsp3) is 0.500. The first-order valence-corrected chi connectivity index (χ1v) is 8.98. The van der Waals surface area contributed by atoms with Crippen molar-refractivity contribution < 1.29 is 17.9 Å². The molecule has 1 aromatic rings. The van der Waals surface area contributed by atoms with Crippen LogP contribution < -0.4 is 4.74 Å². The summed E-state index contributed by atoms with van der Waals surface area (Å²) < 4.78 is 30.3. The van der Waals surface area contributed by atoms with E-state index in [0.717, 1.165) is 0 Å². The van der Waals surface area contributed by atoms with Crippen LogP contribution >= 0.6 is 11.6 Å². The minimum absolute atomic E-state index is 0.0725. The number of rotatable bonds is 4. The summed E-state index contributed by atoms with van der Waals surface area (Å²) in [6.07, 6.45) is 0. The minimum atomic E-state index is -3.20. The molecule has 122 valence electrons. The molecule has 1 aliphatic heterocycles. The van der Waals surface area contributed by atoms with Gasteiger partial charge in [-0.2, -0.15) is 4.31 Å². The largest absolute Gasteiger partial charge is 0.496 e. The molecule has 0 unspecified atom stereocenters. The van der Waals surface area contributed by atoms with Gasteiger partial charge in [-0.1, -0.05) is 11.6 Å². The van der Waals surface area contributed by atoms with E-state index in [2.05, 4.69) is 0 Å². The van der Waals surface area contributed by atoms with Crippen molar-refractivity contribution in [3.8, 4) is 5.75 Å². The van der Waals surface area contributed by atoms with Gasteiger partial charge in [0.25, 0.3) is 5.91 Å². The summed E-state index contributed by atoms with van der Waals surface area (Å²) in [5, 5.41) is 0.455. The van der Waals surface area contributed by atoms with Gasteiger partial charge in [0.15, 0.2) is 0 Å². The highest BCUT2D eigenvalue weighted by molar-refractivity contribution is 7.89. The topological polar surface area (TPSA) is 66.9 Å². The second kappa shape index (κ2) is 6.85. The molecule has 0 aromatic heterocycles. The molecule has 0 aliphatic carbocycles. The molecule has 0 N–H and O–H groups in total. The van der Waals surface area contributed by atoms with Crippen LogP contribution in [0.4, 0.5) is 0 Å². The van der Waals surface area contributed by atoms with Crippen molar-refractivity contribution in [1.29, 1.82) is 0 Å². The second-order valence-electron chi connectivity index (χ2n) is 4.94. The second-order valence-corrected chi connectivity index (χ2v) is 7.63. The Kier molecular flexibility index (Phi) is 5.31. The van der Waals surface area contributed by atoms with Gasteiger partial charge in [0.2, 0.25) is 10.0 Å². The minimum Gasteiger partial charge on any atom is -0.496 e. The van der Waals surface area contributed by atoms with Gasteiger partial charge in [-0.3, -0.25) is 4.79 Å². The third-order valence-electron chi connectivity index (χ3n) is 3.68. The molecule has 1 heterocycles. The summed E-state index contributed by atoms with van der Waals surface area (Å²) in [4.78, 5) is 14.2. The summed E-state index contributed by atoms with van der Waals surface area (Å²) >= 11 is 5.94. The number of piperazine rings is 1. The number of sulfonamides is 1. The third-order valence-corrected chi connectivity index (χ3v) is 5.79. The Morgan fingerprint density at radius 3 is 2.45 bits per heavy atom. The van der Waals surface area contributed by atoms with E-state index < -0.39 is 10.0 Å². The first-order valence-electron chi connectivity index (χ1n) is 6.99. The standard InChI is InChI=1S/C14H19ClN2O4S/c1-3-22(19,20)17-8-6-16(7-9-17)14(18)12-10-11(15)4-5-13(12)21-2/h4-5,10H,3,6-9H2,1-2H3. The molecule has 1 amide bonds. The van der Waals surface area contributed by atoms with Crippen molar-refractivity contribution in [1.82, 2.24) is 9.21 Å². The molecule has 1 aliphatic rings. The summed E-state index contributed by atoms with van der Waals surface area (Å²) in [6.45, 7) is 2.95. The van der Waals surface area contributed by atoms with Crippen LogP contribution in [0.3, 0.4) is 0 Å². The summed E-state index contributed by atoms with van der Waals surface area (Å²) in [5.41, 5.74) is 0.391. The molecular formula is C14H19ClN2O4S. The zero-order chi connectivity index (χ0) is 16.3. The maximum Gasteiger partial charge on any atom is 0.257 e. The molecule has 8 heteroatoms. The number of carbonyl (C=O) groups is 1. The highest BCUT2D eigenvalue weighted by atomic mass is 35.5. The maximum atomic E-state index is 12.6. The molecule has 0 bridgehead atoms. The van der Waals surface area contributed by atoms with Crippen molar-refractivity contribution >= 4 is 27.5 Å². The Morgan fingerprint density at radius 2 is 1.91 bits per heavy atom. The fourth-order valence-corrected chi connectivity index (χ4v) is 3.63. The van der Waals surface area contributed by atoms with E-state index in [1.807, 2.05) is 0 Å². The van der Waals surface area contributed by atoms with Gasteiger partial charge < -0.3 is 9.64 Å². The molecular weight excluding hydrogens is 328 g/mol. The first-order chi connectivity index (χ1) is 10.4. The van der Waals surface area contributed by atoms with Gasteiger partial charge in [-0.05, 0) is 25.1 Å². The maximum absolute atomic E-state index is 12.6. The lowest BCUT2D eigenvalue weighted by atomic mass is 10.1. The predicted octanol–water partition coefficient (Wildman–Crippen LogP) is 1.46. The van der Waals surface area contributed by atoms with Gasteiger partial charge in [0, 0.05) is 31.2 Å². The lowest BCUT2D eigenvalue weighted by Crippen LogP contribution is -2.50. The molecule has 1 saturated heterocycles. The number of nitrogens with zero attached hydrogens (tertiary/aromatic N) is 2. The SMILES string of the molecule is CCS(=O)(=O)N1CCN(C(=O)c2cc(Cl)ccc2OC)CC1. The van der Waals surface area contributed by atoms with Gasteiger partial charge in [-0.25, -0.2) is 8.42 Å². The van der Waals surface area contributed by atoms with Crippen molar-refractivity contribution in [2.75, 3.05) is 39.0 Å². The van der Waals surface area contributed by atoms with E-state index in [-0.39, 0.29) is 11.7 Å². The van der Waals surface area contributed by atoms with Crippen LogP contribution in [0.5, 0.6) is 5.75 Å². The normalized spacial score (nSPS) is 16.6. The van der Waals surface area contributed by atoms with Crippen molar-refractivity contribution in [3.05, 3.63) is 28.8 Å². The Bertz CT molecular complexity index is 655. The molecule has 2 rings (SSSR count). The smallest absolute Gasteiger partial charge is 0.257 e. The summed E-state index contributed by atoms with van der Waals surface area (Å²) in [7, 11) is -1.71. The Labute approximate surface area is 135 Å². The van der Waals surface area contributed by atoms with Crippen LogP contribution in [0.2, 0.25) is 5.02 Å². The molecule has 0 saturated carbocycles. The van der Waals surface area contributed by atoms with Crippen LogP contribution in [0, 0.1) is 0 Å². The van der Waals surface area contributed by atoms with E-state index in [1.54, 1.807) is 30.0 Å². The summed E-state index contributed by atoms with van der Waals surface area (Å²) in [5.74, 6) is 0.328. The van der Waals surface area contributed by atoms with Gasteiger partial charge in [0.1, 0.15) is 5.75 Å². The highest BCUT2D eigenvalue weighted by Gasteiger charge is 2.29. The quantitative estimate of drug-likeness (QED) is 0.827. The van der Waals surface area contributed by atoms with Crippen molar-refractivity contribution in [2.45, 2.75) is 6.92 Å². The number of benzene rings is 1. The molecule has 1 aromatic carbocycles. The van der Waals surface area contributed by atoms with E-state index in [0.29, 0.717) is 42.5 Å². The van der Waals surface area contributed by atoms with E-state index >= 15 is 0 Å². The molecule has 0 radical (unpaired) electrons. The lowest BCUT2D eigenvalue weighted by Gasteiger charge is -2.34. The number of ether oxygens (including phenoxy) is 1. The van der Waals surface area contributed by atoms with E-state index in [4.69, 9.17) is 16.3 Å². The van der Waals surface area contributed by atoms with E-state index in [9.17, 15) is 13.2 Å². The third kappa shape index (κ3) is 3.53. The van der Waals surface area contributed by atoms with Crippen LogP contribution in [-0.4, -0.2) is 62.6 Å². The Morgan fingerprint density at radius 1 is 1.27 bits per heavy atom. The van der Waals surface area contributed by atoms with Gasteiger partial charge in [0.05, 0.1) is 18.4 Å². The first kappa shape index (κ1) is 17.1. The zero-order valence-electron chi connectivity index (χ0n) is 12.6. The van der Waals surface area contributed by atoms with Gasteiger partial charge in [-0.15, -0.1) is 0 Å². The van der Waals surface area contributed by atoms with Crippen molar-refractivity contribution in [3.63, 3.8) is 0 Å². The average molecular weight is 347 g/mol. The Hall–Kier alpha value is -1.31. The van der Waals surface area contributed by atoms with Gasteiger partial charge >= 0.3 is 0 Å². The number of halogens is 1. The molecule has 0 spiro atoms. The summed E-state index contributed by atoms with van der Waals surface area (Å²) in [6, 6.07) is 4.87. The number of amides is 1. The van der Waals surface area contributed by atoms with Crippen LogP contribution in [0.15, 0.2) is 18.2 Å². The monoisotopic (exact) mass is 346 g/mol. The van der Waals surface area contributed by atoms with Crippen LogP contribution in [0.25, 0.3) is 0 Å². The number of hydrogen-bond donors (Lipinski definition) is 0. The average Bonchev–Trinajstić information content (AvgIpc) is 2.54. The molecule has 22 heavy (non-hydrogen) atoms. The molecule has 6 nitrogen and oxygen atoms in total. The lowest BCUT2D eigenvalue weighted by molar-refractivity contribution is 0.0694. The van der Waals surface area contributed by atoms with E-state index in [1.165, 1.54) is 11.4 Å². The zero-order valence-corrected chi connectivity index (χ0v) is 14.2.